The van der Waals surface area contributed by atoms with Crippen LogP contribution in [0, 0.1) is 17.7 Å². The van der Waals surface area contributed by atoms with Crippen LogP contribution in [-0.2, 0) is 11.0 Å². The molecule has 5 N–H and O–H groups in total. The maximum Gasteiger partial charge on any atom is 0.416 e. The molecule has 10 heteroatoms. The van der Waals surface area contributed by atoms with Gasteiger partial charge in [-0.1, -0.05) is 12.0 Å². The highest BCUT2D eigenvalue weighted by atomic mass is 19.4. The van der Waals surface area contributed by atoms with Crippen molar-refractivity contribution in [1.29, 1.82) is 0 Å². The van der Waals surface area contributed by atoms with Crippen molar-refractivity contribution in [2.75, 3.05) is 18.0 Å². The van der Waals surface area contributed by atoms with Crippen molar-refractivity contribution < 1.29 is 27.5 Å². The van der Waals surface area contributed by atoms with E-state index >= 15 is 4.39 Å². The van der Waals surface area contributed by atoms with Crippen LogP contribution < -0.4 is 16.0 Å². The maximum atomic E-state index is 15.4. The third-order valence-corrected chi connectivity index (χ3v) is 5.79. The molecule has 2 aromatic carbocycles. The number of benzene rings is 2. The van der Waals surface area contributed by atoms with E-state index < -0.39 is 29.7 Å². The smallest absolute Gasteiger partial charge is 0.374 e. The maximum absolute atomic E-state index is 15.4. The van der Waals surface area contributed by atoms with Crippen LogP contribution in [0.1, 0.15) is 37.1 Å². The number of fused-ring (bicyclic) bond motifs is 3. The Morgan fingerprint density at radius 2 is 2.12 bits per heavy atom. The molecule has 1 saturated heterocycles. The number of aromatic nitrogens is 1. The Hall–Kier alpha value is -3.29. The van der Waals surface area contributed by atoms with Gasteiger partial charge in [-0.3, -0.25) is 4.79 Å². The SMILES string of the molecule is CC#CC(=O)N[C@@H]1CCCN(c2c(F)cc(C(N)O)c3[nH]c4cc(C(F)(F)F)ccc4c23)C1. The first-order valence-corrected chi connectivity index (χ1v) is 10.4. The lowest BCUT2D eigenvalue weighted by Gasteiger charge is -2.35. The number of halogens is 4. The fourth-order valence-electron chi connectivity index (χ4n) is 4.41. The Kier molecular flexibility index (Phi) is 5.95. The van der Waals surface area contributed by atoms with Gasteiger partial charge in [-0.05, 0) is 43.9 Å². The molecular weight excluding hydrogens is 440 g/mol. The van der Waals surface area contributed by atoms with Gasteiger partial charge in [0, 0.05) is 41.0 Å². The van der Waals surface area contributed by atoms with Crippen molar-refractivity contribution >= 4 is 33.4 Å². The van der Waals surface area contributed by atoms with Crippen LogP contribution in [0.2, 0.25) is 0 Å². The lowest BCUT2D eigenvalue weighted by atomic mass is 10.00. The predicted molar refractivity (Wildman–Crippen MR) is 117 cm³/mol. The van der Waals surface area contributed by atoms with E-state index in [0.717, 1.165) is 18.2 Å². The number of aromatic amines is 1. The number of aliphatic hydroxyl groups is 1. The van der Waals surface area contributed by atoms with E-state index in [0.29, 0.717) is 36.7 Å². The molecule has 0 radical (unpaired) electrons. The quantitative estimate of drug-likeness (QED) is 0.272. The molecule has 3 aromatic rings. The number of carbonyl (C=O) groups is 1. The summed E-state index contributed by atoms with van der Waals surface area (Å²) in [6, 6.07) is 3.99. The summed E-state index contributed by atoms with van der Waals surface area (Å²) >= 11 is 0. The molecule has 2 heterocycles. The molecule has 0 spiro atoms. The second-order valence-electron chi connectivity index (χ2n) is 8.01. The minimum absolute atomic E-state index is 0.0380. The van der Waals surface area contributed by atoms with E-state index in [1.165, 1.54) is 6.07 Å². The van der Waals surface area contributed by atoms with Gasteiger partial charge in [-0.15, -0.1) is 0 Å². The Balaban J connectivity index is 1.87. The topological polar surface area (TPSA) is 94.4 Å². The van der Waals surface area contributed by atoms with Crippen molar-refractivity contribution in [2.45, 2.75) is 38.2 Å². The molecule has 1 amide bonds. The molecular formula is C23H22F4N4O2. The molecule has 1 fully saturated rings. The van der Waals surface area contributed by atoms with Gasteiger partial charge in [0.1, 0.15) is 12.0 Å². The lowest BCUT2D eigenvalue weighted by Crippen LogP contribution is -2.47. The summed E-state index contributed by atoms with van der Waals surface area (Å²) in [5.41, 5.74) is 5.40. The van der Waals surface area contributed by atoms with E-state index in [1.54, 1.807) is 11.8 Å². The summed E-state index contributed by atoms with van der Waals surface area (Å²) in [4.78, 5) is 16.5. The summed E-state index contributed by atoms with van der Waals surface area (Å²) in [6.07, 6.45) is -4.74. The van der Waals surface area contributed by atoms with Crippen LogP contribution in [0.15, 0.2) is 24.3 Å². The number of nitrogens with two attached hydrogens (primary N) is 1. The van der Waals surface area contributed by atoms with Crippen LogP contribution in [0.3, 0.4) is 0 Å². The zero-order valence-electron chi connectivity index (χ0n) is 17.7. The van der Waals surface area contributed by atoms with E-state index in [2.05, 4.69) is 22.1 Å². The van der Waals surface area contributed by atoms with Gasteiger partial charge in [0.2, 0.25) is 0 Å². The summed E-state index contributed by atoms with van der Waals surface area (Å²) in [7, 11) is 0. The van der Waals surface area contributed by atoms with E-state index in [4.69, 9.17) is 5.73 Å². The zero-order valence-corrected chi connectivity index (χ0v) is 17.7. The number of H-pyrrole nitrogens is 1. The molecule has 1 aromatic heterocycles. The minimum atomic E-state index is -4.55. The molecule has 4 rings (SSSR count). The summed E-state index contributed by atoms with van der Waals surface area (Å²) < 4.78 is 55.1. The van der Waals surface area contributed by atoms with Gasteiger partial charge in [0.25, 0.3) is 5.91 Å². The first-order chi connectivity index (χ1) is 15.6. The first kappa shape index (κ1) is 22.9. The van der Waals surface area contributed by atoms with Gasteiger partial charge in [0.05, 0.1) is 16.8 Å². The van der Waals surface area contributed by atoms with Crippen LogP contribution in [0.25, 0.3) is 21.8 Å². The van der Waals surface area contributed by atoms with Crippen molar-refractivity contribution in [3.8, 4) is 11.8 Å². The number of nitrogens with one attached hydrogen (secondary N) is 2. The second-order valence-corrected chi connectivity index (χ2v) is 8.01. The minimum Gasteiger partial charge on any atom is -0.374 e. The van der Waals surface area contributed by atoms with Gasteiger partial charge < -0.3 is 26.0 Å². The number of nitrogens with zero attached hydrogens (tertiary/aromatic N) is 1. The van der Waals surface area contributed by atoms with Crippen molar-refractivity contribution in [3.63, 3.8) is 0 Å². The summed E-state index contributed by atoms with van der Waals surface area (Å²) in [5, 5.41) is 13.5. The molecule has 174 valence electrons. The third-order valence-electron chi connectivity index (χ3n) is 5.79. The summed E-state index contributed by atoms with van der Waals surface area (Å²) in [5.74, 6) is 3.85. The van der Waals surface area contributed by atoms with Crippen LogP contribution in [-0.4, -0.2) is 35.1 Å². The van der Waals surface area contributed by atoms with E-state index in [1.807, 2.05) is 0 Å². The van der Waals surface area contributed by atoms with E-state index in [-0.39, 0.29) is 28.3 Å². The van der Waals surface area contributed by atoms with E-state index in [9.17, 15) is 23.1 Å². The van der Waals surface area contributed by atoms with Crippen molar-refractivity contribution in [1.82, 2.24) is 10.3 Å². The Morgan fingerprint density at radius 1 is 1.36 bits per heavy atom. The number of hydrogen-bond donors (Lipinski definition) is 4. The van der Waals surface area contributed by atoms with Crippen LogP contribution in [0.4, 0.5) is 23.2 Å². The molecule has 6 nitrogen and oxygen atoms in total. The largest absolute Gasteiger partial charge is 0.416 e. The first-order valence-electron chi connectivity index (χ1n) is 10.4. The third kappa shape index (κ3) is 4.34. The number of carbonyl (C=O) groups excluding carboxylic acids is 1. The van der Waals surface area contributed by atoms with Crippen molar-refractivity contribution in [3.05, 3.63) is 41.2 Å². The molecule has 1 unspecified atom stereocenters. The molecule has 33 heavy (non-hydrogen) atoms. The van der Waals surface area contributed by atoms with Crippen molar-refractivity contribution in [2.24, 2.45) is 5.73 Å². The molecule has 2 atom stereocenters. The zero-order chi connectivity index (χ0) is 23.9. The fraction of sp³-hybridized carbons (Fsp3) is 0.348. The Labute approximate surface area is 186 Å². The number of aliphatic hydroxyl groups excluding tert-OH is 1. The predicted octanol–water partition coefficient (Wildman–Crippen LogP) is 3.54. The normalized spacial score (nSPS) is 17.7. The van der Waals surface area contributed by atoms with Gasteiger partial charge in [-0.2, -0.15) is 13.2 Å². The highest BCUT2D eigenvalue weighted by Gasteiger charge is 2.32. The van der Waals surface area contributed by atoms with Gasteiger partial charge in [-0.25, -0.2) is 4.39 Å². The monoisotopic (exact) mass is 462 g/mol. The number of piperidine rings is 1. The number of alkyl halides is 3. The molecule has 1 aliphatic heterocycles. The number of rotatable bonds is 3. The second kappa shape index (κ2) is 8.57. The molecule has 1 aliphatic rings. The average molecular weight is 462 g/mol. The highest BCUT2D eigenvalue weighted by Crippen LogP contribution is 2.41. The molecule has 0 bridgehead atoms. The van der Waals surface area contributed by atoms with Gasteiger partial charge in [0.15, 0.2) is 0 Å². The number of hydrogen-bond acceptors (Lipinski definition) is 4. The lowest BCUT2D eigenvalue weighted by molar-refractivity contribution is -0.137. The fourth-order valence-corrected chi connectivity index (χ4v) is 4.41. The van der Waals surface area contributed by atoms with Gasteiger partial charge >= 0.3 is 6.18 Å². The Bertz CT molecular complexity index is 1290. The summed E-state index contributed by atoms with van der Waals surface area (Å²) in [6.45, 7) is 2.32. The van der Waals surface area contributed by atoms with Crippen LogP contribution in [0.5, 0.6) is 0 Å². The molecule has 0 saturated carbocycles. The standard InChI is InChI=1S/C23H22F4N4O2/c1-2-4-18(32)29-13-5-3-8-31(11-13)21-16(24)10-15(22(28)33)20-19(21)14-7-6-12(23(25,26)27)9-17(14)30-20/h6-7,9-10,13,22,30,33H,3,5,8,11,28H2,1H3,(H,29,32)/t13-,22?/m1/s1. The number of anilines is 1. The Morgan fingerprint density at radius 3 is 2.79 bits per heavy atom. The number of amides is 1. The molecule has 0 aliphatic carbocycles. The highest BCUT2D eigenvalue weighted by molar-refractivity contribution is 6.15. The average Bonchev–Trinajstić information content (AvgIpc) is 3.11. The van der Waals surface area contributed by atoms with Crippen LogP contribution >= 0.6 is 0 Å².